The standard InChI is InChI=1S/C30H29N11O2/c1-37(2)27(42)21-17-19(9-10-23(21)39-15-13-38(3)14-16-39)34-29-33-18-22-25(36-29)35-26-20-7-4-5-8-24(20)40(41(26)28(22)43)30-31-11-6-12-32-30/h4-12,17-18H,13-16H2,1-3H3,(H,33,34,36). The molecule has 0 atom stereocenters. The van der Waals surface area contributed by atoms with Crippen LogP contribution in [0, 0.1) is 0 Å². The number of carbonyl (C=O) groups excluding carboxylic acids is 1. The van der Waals surface area contributed by atoms with E-state index >= 15 is 0 Å². The molecule has 0 bridgehead atoms. The van der Waals surface area contributed by atoms with Gasteiger partial charge in [0.05, 0.1) is 11.1 Å². The van der Waals surface area contributed by atoms with Crippen molar-refractivity contribution in [2.24, 2.45) is 0 Å². The number of carbonyl (C=O) groups is 1. The molecule has 5 heterocycles. The van der Waals surface area contributed by atoms with Crippen molar-refractivity contribution in [1.82, 2.24) is 43.9 Å². The molecule has 0 saturated carbocycles. The minimum Gasteiger partial charge on any atom is -0.368 e. The van der Waals surface area contributed by atoms with Gasteiger partial charge in [0.15, 0.2) is 11.3 Å². The van der Waals surface area contributed by atoms with Gasteiger partial charge in [-0.05, 0) is 43.4 Å². The number of anilines is 3. The molecular formula is C30H29N11O2. The van der Waals surface area contributed by atoms with Crippen molar-refractivity contribution in [2.75, 3.05) is 57.5 Å². The zero-order valence-corrected chi connectivity index (χ0v) is 24.0. The van der Waals surface area contributed by atoms with Crippen LogP contribution in [0.4, 0.5) is 17.3 Å². The number of nitrogens with zero attached hydrogens (tertiary/aromatic N) is 10. The number of rotatable bonds is 5. The van der Waals surface area contributed by atoms with E-state index in [4.69, 9.17) is 4.98 Å². The quantitative estimate of drug-likeness (QED) is 0.327. The first kappa shape index (κ1) is 26.5. The predicted octanol–water partition coefficient (Wildman–Crippen LogP) is 2.57. The summed E-state index contributed by atoms with van der Waals surface area (Å²) in [6.45, 7) is 3.54. The maximum atomic E-state index is 13.8. The summed E-state index contributed by atoms with van der Waals surface area (Å²) in [5.74, 6) is 0.515. The van der Waals surface area contributed by atoms with E-state index in [9.17, 15) is 9.59 Å². The molecule has 13 nitrogen and oxygen atoms in total. The number of nitrogens with one attached hydrogen (secondary N) is 1. The number of piperazine rings is 1. The molecule has 1 saturated heterocycles. The Hall–Kier alpha value is -5.43. The fourth-order valence-corrected chi connectivity index (χ4v) is 5.42. The summed E-state index contributed by atoms with van der Waals surface area (Å²) in [6, 6.07) is 15.0. The highest BCUT2D eigenvalue weighted by molar-refractivity contribution is 6.01. The van der Waals surface area contributed by atoms with Crippen molar-refractivity contribution in [2.45, 2.75) is 0 Å². The minimum atomic E-state index is -0.342. The highest BCUT2D eigenvalue weighted by Gasteiger charge is 2.23. The van der Waals surface area contributed by atoms with Crippen LogP contribution < -0.4 is 15.8 Å². The van der Waals surface area contributed by atoms with Crippen molar-refractivity contribution in [1.29, 1.82) is 0 Å². The van der Waals surface area contributed by atoms with Gasteiger partial charge in [-0.15, -0.1) is 0 Å². The summed E-state index contributed by atoms with van der Waals surface area (Å²) in [6.07, 6.45) is 4.71. The Kier molecular flexibility index (Phi) is 6.43. The van der Waals surface area contributed by atoms with Gasteiger partial charge < -0.3 is 20.0 Å². The minimum absolute atomic E-state index is 0.0899. The van der Waals surface area contributed by atoms with Gasteiger partial charge in [-0.2, -0.15) is 9.50 Å². The van der Waals surface area contributed by atoms with Crippen LogP contribution in [0.3, 0.4) is 0 Å². The number of hydrogen-bond acceptors (Lipinski definition) is 10. The SMILES string of the molecule is CN1CCN(c2ccc(Nc3ncc4c(=O)n5c(nc4n3)c3ccccc3n5-c3ncccn3)cc2C(=O)N(C)C)CC1. The molecule has 1 aliphatic heterocycles. The van der Waals surface area contributed by atoms with E-state index in [1.165, 1.54) is 10.7 Å². The Morgan fingerprint density at radius 3 is 2.44 bits per heavy atom. The lowest BCUT2D eigenvalue weighted by Crippen LogP contribution is -2.45. The molecule has 0 unspecified atom stereocenters. The van der Waals surface area contributed by atoms with Gasteiger partial charge >= 0.3 is 0 Å². The maximum Gasteiger partial charge on any atom is 0.284 e. The van der Waals surface area contributed by atoms with E-state index in [-0.39, 0.29) is 28.4 Å². The van der Waals surface area contributed by atoms with Crippen LogP contribution in [0.5, 0.6) is 0 Å². The van der Waals surface area contributed by atoms with E-state index in [2.05, 4.69) is 42.1 Å². The Morgan fingerprint density at radius 2 is 1.67 bits per heavy atom. The Morgan fingerprint density at radius 1 is 0.907 bits per heavy atom. The molecule has 43 heavy (non-hydrogen) atoms. The second-order valence-corrected chi connectivity index (χ2v) is 10.7. The van der Waals surface area contributed by atoms with Gasteiger partial charge in [0.2, 0.25) is 11.9 Å². The van der Waals surface area contributed by atoms with Gasteiger partial charge in [-0.1, -0.05) is 12.1 Å². The molecule has 6 aromatic rings. The number of likely N-dealkylation sites (N-methyl/N-ethyl adjacent to an activating group) is 1. The lowest BCUT2D eigenvalue weighted by atomic mass is 10.1. The monoisotopic (exact) mass is 575 g/mol. The molecule has 216 valence electrons. The van der Waals surface area contributed by atoms with Crippen LogP contribution in [-0.2, 0) is 0 Å². The van der Waals surface area contributed by atoms with Crippen molar-refractivity contribution in [3.63, 3.8) is 0 Å². The maximum absolute atomic E-state index is 13.8. The van der Waals surface area contributed by atoms with Gasteiger partial charge in [-0.3, -0.25) is 9.59 Å². The lowest BCUT2D eigenvalue weighted by molar-refractivity contribution is 0.0828. The fourth-order valence-electron chi connectivity index (χ4n) is 5.42. The molecule has 1 N–H and O–H groups in total. The molecule has 13 heteroatoms. The highest BCUT2D eigenvalue weighted by atomic mass is 16.2. The average molecular weight is 576 g/mol. The number of aromatic nitrogens is 7. The van der Waals surface area contributed by atoms with Crippen LogP contribution in [0.25, 0.3) is 33.5 Å². The topological polar surface area (TPSA) is 130 Å². The molecule has 1 fully saturated rings. The molecule has 0 spiro atoms. The third kappa shape index (κ3) is 4.59. The molecular weight excluding hydrogens is 546 g/mol. The second kappa shape index (κ2) is 10.4. The number of benzene rings is 2. The van der Waals surface area contributed by atoms with Crippen LogP contribution in [0.1, 0.15) is 10.4 Å². The molecule has 2 aromatic carbocycles. The van der Waals surface area contributed by atoms with Crippen molar-refractivity contribution >= 4 is 50.8 Å². The highest BCUT2D eigenvalue weighted by Crippen LogP contribution is 2.28. The van der Waals surface area contributed by atoms with Crippen LogP contribution in [-0.4, -0.2) is 97.1 Å². The van der Waals surface area contributed by atoms with E-state index in [1.54, 1.807) is 42.1 Å². The first-order chi connectivity index (χ1) is 20.9. The summed E-state index contributed by atoms with van der Waals surface area (Å²) in [5.41, 5.74) is 3.21. The average Bonchev–Trinajstić information content (AvgIpc) is 3.36. The molecule has 7 rings (SSSR count). The fraction of sp³-hybridized carbons (Fsp3) is 0.233. The molecule has 1 amide bonds. The number of para-hydroxylation sites is 1. The summed E-state index contributed by atoms with van der Waals surface area (Å²) in [7, 11) is 5.59. The number of fused-ring (bicyclic) bond motifs is 4. The molecule has 0 aliphatic carbocycles. The predicted molar refractivity (Wildman–Crippen MR) is 164 cm³/mol. The zero-order valence-electron chi connectivity index (χ0n) is 24.0. The van der Waals surface area contributed by atoms with Gasteiger partial charge in [-0.25, -0.2) is 24.6 Å². The second-order valence-electron chi connectivity index (χ2n) is 10.7. The van der Waals surface area contributed by atoms with Crippen LogP contribution in [0.15, 0.2) is 71.9 Å². The van der Waals surface area contributed by atoms with Gasteiger partial charge in [0.1, 0.15) is 5.39 Å². The van der Waals surface area contributed by atoms with E-state index in [0.29, 0.717) is 22.8 Å². The molecule has 4 aromatic heterocycles. The largest absolute Gasteiger partial charge is 0.368 e. The van der Waals surface area contributed by atoms with E-state index < -0.39 is 0 Å². The smallest absolute Gasteiger partial charge is 0.284 e. The first-order valence-corrected chi connectivity index (χ1v) is 13.9. The Balaban J connectivity index is 1.30. The third-order valence-corrected chi connectivity index (χ3v) is 7.65. The van der Waals surface area contributed by atoms with Gasteiger partial charge in [0, 0.05) is 75.6 Å². The lowest BCUT2D eigenvalue weighted by Gasteiger charge is -2.35. The molecule has 0 radical (unpaired) electrons. The van der Waals surface area contributed by atoms with E-state index in [1.807, 2.05) is 42.5 Å². The first-order valence-electron chi connectivity index (χ1n) is 13.9. The summed E-state index contributed by atoms with van der Waals surface area (Å²) in [4.78, 5) is 55.6. The normalized spacial score (nSPS) is 14.1. The Labute approximate surface area is 246 Å². The van der Waals surface area contributed by atoms with Crippen molar-refractivity contribution < 1.29 is 4.79 Å². The number of hydrogen-bond donors (Lipinski definition) is 1. The third-order valence-electron chi connectivity index (χ3n) is 7.65. The van der Waals surface area contributed by atoms with Crippen LogP contribution >= 0.6 is 0 Å². The van der Waals surface area contributed by atoms with Crippen LogP contribution in [0.2, 0.25) is 0 Å². The van der Waals surface area contributed by atoms with Crippen molar-refractivity contribution in [3.05, 3.63) is 83.0 Å². The number of amides is 1. The Bertz CT molecular complexity index is 2060. The van der Waals surface area contributed by atoms with Crippen molar-refractivity contribution in [3.8, 4) is 5.95 Å². The summed E-state index contributed by atoms with van der Waals surface area (Å²) in [5, 5.41) is 4.21. The zero-order chi connectivity index (χ0) is 29.7. The summed E-state index contributed by atoms with van der Waals surface area (Å²) >= 11 is 0. The molecule has 1 aliphatic rings. The van der Waals surface area contributed by atoms with Gasteiger partial charge in [0.25, 0.3) is 11.5 Å². The van der Waals surface area contributed by atoms with E-state index in [0.717, 1.165) is 42.8 Å². The summed E-state index contributed by atoms with van der Waals surface area (Å²) < 4.78 is 3.10.